The largest absolute Gasteiger partial charge is 0.493 e. The van der Waals surface area contributed by atoms with Crippen molar-refractivity contribution >= 4 is 39.8 Å². The number of thioether (sulfide) groups is 1. The lowest BCUT2D eigenvalue weighted by molar-refractivity contribution is -0.0548. The van der Waals surface area contributed by atoms with Crippen LogP contribution in [0.5, 0.6) is 5.75 Å². The van der Waals surface area contributed by atoms with Gasteiger partial charge in [0, 0.05) is 16.7 Å². The molecule has 0 radical (unpaired) electrons. The Kier molecular flexibility index (Phi) is 5.87. The summed E-state index contributed by atoms with van der Waals surface area (Å²) in [5.74, 6) is 0.619. The molecule has 0 bridgehead atoms. The number of aromatic nitrogens is 4. The molecule has 0 saturated carbocycles. The summed E-state index contributed by atoms with van der Waals surface area (Å²) < 4.78 is 17.9. The molecular formula is C21H21N5O7S. The second-order valence-corrected chi connectivity index (χ2v) is 8.60. The van der Waals surface area contributed by atoms with Gasteiger partial charge in [-0.3, -0.25) is 4.57 Å². The number of hydrogen-bond donors (Lipinski definition) is 4. The van der Waals surface area contributed by atoms with Crippen LogP contribution in [0.1, 0.15) is 11.8 Å². The van der Waals surface area contributed by atoms with E-state index in [-0.39, 0.29) is 17.3 Å². The highest BCUT2D eigenvalue weighted by molar-refractivity contribution is 7.98. The van der Waals surface area contributed by atoms with Crippen LogP contribution < -0.4 is 16.1 Å². The van der Waals surface area contributed by atoms with Gasteiger partial charge in [0.1, 0.15) is 23.8 Å². The van der Waals surface area contributed by atoms with E-state index in [9.17, 15) is 20.1 Å². The number of ether oxygens (including phenoxy) is 2. The van der Waals surface area contributed by atoms with E-state index in [1.54, 1.807) is 18.2 Å². The van der Waals surface area contributed by atoms with Crippen LogP contribution >= 0.6 is 11.8 Å². The van der Waals surface area contributed by atoms with Crippen LogP contribution in [0.3, 0.4) is 0 Å². The molecule has 34 heavy (non-hydrogen) atoms. The van der Waals surface area contributed by atoms with Crippen molar-refractivity contribution in [3.05, 3.63) is 46.4 Å². The summed E-state index contributed by atoms with van der Waals surface area (Å²) in [5.41, 5.74) is 6.62. The number of nitrogens with zero attached hydrogens (tertiary/aromatic N) is 4. The predicted octanol–water partition coefficient (Wildman–Crippen LogP) is 0.427. The predicted molar refractivity (Wildman–Crippen MR) is 121 cm³/mol. The maximum atomic E-state index is 12.6. The zero-order chi connectivity index (χ0) is 24.0. The first-order valence-electron chi connectivity index (χ1n) is 10.3. The number of hydrogen-bond acceptors (Lipinski definition) is 12. The van der Waals surface area contributed by atoms with Crippen LogP contribution in [0.25, 0.3) is 22.1 Å². The highest BCUT2D eigenvalue weighted by Crippen LogP contribution is 2.36. The van der Waals surface area contributed by atoms with Crippen LogP contribution in [-0.4, -0.2) is 66.9 Å². The third kappa shape index (κ3) is 3.76. The van der Waals surface area contributed by atoms with Crippen molar-refractivity contribution in [1.82, 2.24) is 19.5 Å². The van der Waals surface area contributed by atoms with Gasteiger partial charge in [-0.05, 0) is 12.1 Å². The normalized spacial score (nSPS) is 22.6. The lowest BCUT2D eigenvalue weighted by atomic mass is 10.1. The fourth-order valence-corrected chi connectivity index (χ4v) is 4.85. The van der Waals surface area contributed by atoms with E-state index in [2.05, 4.69) is 15.0 Å². The van der Waals surface area contributed by atoms with E-state index in [1.165, 1.54) is 29.6 Å². The van der Waals surface area contributed by atoms with Gasteiger partial charge in [0.15, 0.2) is 28.4 Å². The molecule has 1 aliphatic heterocycles. The molecule has 12 nitrogen and oxygen atoms in total. The highest BCUT2D eigenvalue weighted by atomic mass is 32.2. The fourth-order valence-electron chi connectivity index (χ4n) is 3.87. The quantitative estimate of drug-likeness (QED) is 0.218. The van der Waals surface area contributed by atoms with Crippen molar-refractivity contribution in [3.8, 4) is 5.75 Å². The number of nitrogen functional groups attached to an aromatic ring is 1. The molecule has 1 saturated heterocycles. The summed E-state index contributed by atoms with van der Waals surface area (Å²) in [4.78, 5) is 25.3. The molecule has 0 aliphatic carbocycles. The van der Waals surface area contributed by atoms with E-state index in [4.69, 9.17) is 19.6 Å². The summed E-state index contributed by atoms with van der Waals surface area (Å²) in [6.07, 6.45) is -3.32. The number of benzene rings is 1. The SMILES string of the molecule is COc1cccc2cc(CSc3nc4cnc(N)nc4n3[C@@H]3O[C@H](CO)[C@@H](O)[C@H]3O)c(=O)oc12. The lowest BCUT2D eigenvalue weighted by Crippen LogP contribution is -2.33. The Bertz CT molecular complexity index is 1420. The Morgan fingerprint density at radius 1 is 1.26 bits per heavy atom. The number of aliphatic hydroxyl groups excluding tert-OH is 3. The van der Waals surface area contributed by atoms with Gasteiger partial charge in [0.05, 0.1) is 19.9 Å². The van der Waals surface area contributed by atoms with Gasteiger partial charge in [0.25, 0.3) is 0 Å². The van der Waals surface area contributed by atoms with Crippen molar-refractivity contribution in [1.29, 1.82) is 0 Å². The number of anilines is 1. The first-order chi connectivity index (χ1) is 16.4. The Balaban J connectivity index is 1.53. The van der Waals surface area contributed by atoms with Gasteiger partial charge in [-0.15, -0.1) is 0 Å². The van der Waals surface area contributed by atoms with Gasteiger partial charge in [0.2, 0.25) is 5.95 Å². The smallest absolute Gasteiger partial charge is 0.340 e. The minimum atomic E-state index is -1.36. The zero-order valence-electron chi connectivity index (χ0n) is 17.9. The molecule has 1 aliphatic rings. The molecule has 0 unspecified atom stereocenters. The van der Waals surface area contributed by atoms with Crippen LogP contribution in [0.15, 0.2) is 44.8 Å². The average Bonchev–Trinajstić information content (AvgIpc) is 3.33. The second-order valence-electron chi connectivity index (χ2n) is 7.66. The number of aliphatic hydroxyl groups is 3. The fraction of sp³-hybridized carbons (Fsp3) is 0.333. The van der Waals surface area contributed by atoms with Gasteiger partial charge < -0.3 is 34.9 Å². The monoisotopic (exact) mass is 487 g/mol. The van der Waals surface area contributed by atoms with Gasteiger partial charge in [-0.1, -0.05) is 23.9 Å². The molecule has 1 aromatic carbocycles. The third-order valence-corrected chi connectivity index (χ3v) is 6.56. The number of fused-ring (bicyclic) bond motifs is 2. The summed E-state index contributed by atoms with van der Waals surface area (Å²) >= 11 is 1.18. The molecule has 5 rings (SSSR count). The minimum Gasteiger partial charge on any atom is -0.493 e. The number of rotatable bonds is 6. The Morgan fingerprint density at radius 2 is 2.09 bits per heavy atom. The maximum Gasteiger partial charge on any atom is 0.340 e. The molecule has 178 valence electrons. The molecule has 0 spiro atoms. The van der Waals surface area contributed by atoms with Crippen LogP contribution in [0.2, 0.25) is 0 Å². The molecule has 3 aromatic heterocycles. The molecular weight excluding hydrogens is 466 g/mol. The van der Waals surface area contributed by atoms with E-state index in [0.29, 0.717) is 33.0 Å². The molecule has 4 aromatic rings. The molecule has 5 N–H and O–H groups in total. The summed E-state index contributed by atoms with van der Waals surface area (Å²) in [6.45, 7) is -0.484. The van der Waals surface area contributed by atoms with Crippen molar-refractivity contribution < 1.29 is 29.2 Å². The average molecular weight is 487 g/mol. The van der Waals surface area contributed by atoms with Crippen molar-refractivity contribution in [2.24, 2.45) is 0 Å². The van der Waals surface area contributed by atoms with Gasteiger partial charge in [-0.25, -0.2) is 14.8 Å². The number of nitrogens with two attached hydrogens (primary N) is 1. The van der Waals surface area contributed by atoms with E-state index >= 15 is 0 Å². The lowest BCUT2D eigenvalue weighted by Gasteiger charge is -2.19. The van der Waals surface area contributed by atoms with Gasteiger partial charge in [-0.2, -0.15) is 4.98 Å². The van der Waals surface area contributed by atoms with Crippen molar-refractivity contribution in [2.75, 3.05) is 19.5 Å². The van der Waals surface area contributed by atoms with Crippen molar-refractivity contribution in [2.45, 2.75) is 35.4 Å². The summed E-state index contributed by atoms with van der Waals surface area (Å²) in [5, 5.41) is 31.3. The molecule has 13 heteroatoms. The Hall–Kier alpha value is -3.23. The van der Waals surface area contributed by atoms with E-state index in [1.807, 2.05) is 6.07 Å². The van der Waals surface area contributed by atoms with Crippen molar-refractivity contribution in [3.63, 3.8) is 0 Å². The first-order valence-corrected chi connectivity index (χ1v) is 11.2. The van der Waals surface area contributed by atoms with E-state index in [0.717, 1.165) is 0 Å². The molecule has 4 atom stereocenters. The van der Waals surface area contributed by atoms with Crippen LogP contribution in [-0.2, 0) is 10.5 Å². The van der Waals surface area contributed by atoms with Crippen LogP contribution in [0, 0.1) is 0 Å². The molecule has 0 amide bonds. The minimum absolute atomic E-state index is 0.0129. The third-order valence-electron chi connectivity index (χ3n) is 5.56. The van der Waals surface area contributed by atoms with E-state index < -0.39 is 36.8 Å². The topological polar surface area (TPSA) is 179 Å². The molecule has 4 heterocycles. The van der Waals surface area contributed by atoms with Crippen LogP contribution in [0.4, 0.5) is 5.95 Å². The molecule has 1 fully saturated rings. The summed E-state index contributed by atoms with van der Waals surface area (Å²) in [7, 11) is 1.50. The van der Waals surface area contributed by atoms with Gasteiger partial charge >= 0.3 is 5.63 Å². The Morgan fingerprint density at radius 3 is 2.82 bits per heavy atom. The maximum absolute atomic E-state index is 12.6. The number of methoxy groups -OCH3 is 1. The summed E-state index contributed by atoms with van der Waals surface area (Å²) in [6, 6.07) is 7.02. The highest BCUT2D eigenvalue weighted by Gasteiger charge is 2.45. The number of para-hydroxylation sites is 1. The zero-order valence-corrected chi connectivity index (χ0v) is 18.7. The first kappa shape index (κ1) is 22.6. The standard InChI is InChI=1S/C21H21N5O7S/c1-31-12-4-2-3-9-5-10(19(30)33-16(9)12)8-34-21-24-11-6-23-20(22)25-17(11)26(21)18-15(29)14(28)13(7-27)32-18/h2-6,13-15,18,27-29H,7-8H2,1H3,(H2,22,23,25)/t13-,14-,15-,18-/m1/s1. The second kappa shape index (κ2) is 8.85. The Labute approximate surface area is 196 Å². The number of imidazole rings is 1.